The SMILES string of the molecule is Cc1cccc(NC(=O)COC(=O)c2ccccc2OCC(=O)Nc2ccc(Br)cc2)c1. The Morgan fingerprint density at radius 1 is 0.812 bits per heavy atom. The number of para-hydroxylation sites is 1. The van der Waals surface area contributed by atoms with Gasteiger partial charge in [-0.2, -0.15) is 0 Å². The molecule has 32 heavy (non-hydrogen) atoms. The lowest BCUT2D eigenvalue weighted by Gasteiger charge is -2.12. The number of halogens is 1. The van der Waals surface area contributed by atoms with Crippen LogP contribution in [0.3, 0.4) is 0 Å². The Labute approximate surface area is 193 Å². The van der Waals surface area contributed by atoms with Crippen molar-refractivity contribution in [2.75, 3.05) is 23.8 Å². The van der Waals surface area contributed by atoms with Crippen molar-refractivity contribution >= 4 is 45.1 Å². The van der Waals surface area contributed by atoms with Gasteiger partial charge in [0, 0.05) is 15.8 Å². The normalized spacial score (nSPS) is 10.2. The average molecular weight is 497 g/mol. The molecule has 0 radical (unpaired) electrons. The Bertz CT molecular complexity index is 1120. The molecular formula is C24H21BrN2O5. The van der Waals surface area contributed by atoms with Gasteiger partial charge in [-0.15, -0.1) is 0 Å². The highest BCUT2D eigenvalue weighted by Gasteiger charge is 2.16. The van der Waals surface area contributed by atoms with E-state index in [1.165, 1.54) is 6.07 Å². The number of esters is 1. The molecule has 3 aromatic carbocycles. The van der Waals surface area contributed by atoms with Gasteiger partial charge in [0.2, 0.25) is 0 Å². The van der Waals surface area contributed by atoms with Crippen LogP contribution in [0.1, 0.15) is 15.9 Å². The molecule has 0 unspecified atom stereocenters. The summed E-state index contributed by atoms with van der Waals surface area (Å²) in [6.07, 6.45) is 0. The number of rotatable bonds is 8. The number of amides is 2. The van der Waals surface area contributed by atoms with E-state index in [2.05, 4.69) is 26.6 Å². The van der Waals surface area contributed by atoms with Gasteiger partial charge in [-0.1, -0.05) is 40.2 Å². The molecule has 0 bridgehead atoms. The third-order valence-electron chi connectivity index (χ3n) is 4.23. The smallest absolute Gasteiger partial charge is 0.342 e. The number of ether oxygens (including phenoxy) is 2. The summed E-state index contributed by atoms with van der Waals surface area (Å²) >= 11 is 3.33. The van der Waals surface area contributed by atoms with Crippen molar-refractivity contribution in [1.29, 1.82) is 0 Å². The van der Waals surface area contributed by atoms with Crippen LogP contribution < -0.4 is 15.4 Å². The topological polar surface area (TPSA) is 93.7 Å². The van der Waals surface area contributed by atoms with Crippen LogP contribution in [0.5, 0.6) is 5.75 Å². The lowest BCUT2D eigenvalue weighted by molar-refractivity contribution is -0.119. The van der Waals surface area contributed by atoms with Crippen molar-refractivity contribution in [2.24, 2.45) is 0 Å². The monoisotopic (exact) mass is 496 g/mol. The quantitative estimate of drug-likeness (QED) is 0.445. The number of hydrogen-bond donors (Lipinski definition) is 2. The number of carbonyl (C=O) groups is 3. The van der Waals surface area contributed by atoms with Crippen LogP contribution in [0.15, 0.2) is 77.3 Å². The maximum Gasteiger partial charge on any atom is 0.342 e. The number of anilines is 2. The Kier molecular flexibility index (Phi) is 7.99. The first-order valence-electron chi connectivity index (χ1n) is 9.71. The third-order valence-corrected chi connectivity index (χ3v) is 4.76. The summed E-state index contributed by atoms with van der Waals surface area (Å²) < 4.78 is 11.5. The van der Waals surface area contributed by atoms with E-state index in [-0.39, 0.29) is 23.8 Å². The van der Waals surface area contributed by atoms with Gasteiger partial charge in [0.25, 0.3) is 11.8 Å². The lowest BCUT2D eigenvalue weighted by atomic mass is 10.2. The predicted molar refractivity (Wildman–Crippen MR) is 125 cm³/mol. The van der Waals surface area contributed by atoms with Gasteiger partial charge in [0.1, 0.15) is 11.3 Å². The third kappa shape index (κ3) is 6.95. The Morgan fingerprint density at radius 3 is 2.25 bits per heavy atom. The molecule has 0 fully saturated rings. The molecule has 0 spiro atoms. The summed E-state index contributed by atoms with van der Waals surface area (Å²) in [4.78, 5) is 36.7. The van der Waals surface area contributed by atoms with Gasteiger partial charge in [0.15, 0.2) is 13.2 Å². The van der Waals surface area contributed by atoms with E-state index in [0.717, 1.165) is 10.0 Å². The molecule has 0 aromatic heterocycles. The second-order valence-corrected chi connectivity index (χ2v) is 7.75. The van der Waals surface area contributed by atoms with E-state index in [1.807, 2.05) is 25.1 Å². The van der Waals surface area contributed by atoms with Crippen LogP contribution in [-0.4, -0.2) is 31.0 Å². The van der Waals surface area contributed by atoms with Crippen molar-refractivity contribution < 1.29 is 23.9 Å². The second kappa shape index (κ2) is 11.1. The fraction of sp³-hybridized carbons (Fsp3) is 0.125. The molecule has 164 valence electrons. The van der Waals surface area contributed by atoms with Crippen molar-refractivity contribution in [3.63, 3.8) is 0 Å². The number of carbonyl (C=O) groups excluding carboxylic acids is 3. The fourth-order valence-electron chi connectivity index (χ4n) is 2.76. The van der Waals surface area contributed by atoms with Gasteiger partial charge in [-0.25, -0.2) is 4.79 Å². The molecule has 0 aliphatic carbocycles. The van der Waals surface area contributed by atoms with Crippen molar-refractivity contribution in [1.82, 2.24) is 0 Å². The molecule has 0 aliphatic heterocycles. The molecular weight excluding hydrogens is 476 g/mol. The van der Waals surface area contributed by atoms with E-state index in [4.69, 9.17) is 9.47 Å². The van der Waals surface area contributed by atoms with E-state index in [1.54, 1.807) is 48.5 Å². The zero-order valence-corrected chi connectivity index (χ0v) is 18.8. The van der Waals surface area contributed by atoms with Crippen LogP contribution in [-0.2, 0) is 14.3 Å². The minimum Gasteiger partial charge on any atom is -0.483 e. The van der Waals surface area contributed by atoms with E-state index < -0.39 is 18.5 Å². The molecule has 3 rings (SSSR count). The molecule has 2 N–H and O–H groups in total. The average Bonchev–Trinajstić information content (AvgIpc) is 2.78. The summed E-state index contributed by atoms with van der Waals surface area (Å²) in [6, 6.07) is 20.7. The first-order valence-corrected chi connectivity index (χ1v) is 10.5. The standard InChI is InChI=1S/C24H21BrN2O5/c1-16-5-4-6-19(13-16)27-23(29)15-32-24(30)20-7-2-3-8-21(20)31-14-22(28)26-18-11-9-17(25)10-12-18/h2-13H,14-15H2,1H3,(H,26,28)(H,27,29). The summed E-state index contributed by atoms with van der Waals surface area (Å²) in [7, 11) is 0. The first kappa shape index (κ1) is 23.0. The molecule has 2 amide bonds. The summed E-state index contributed by atoms with van der Waals surface area (Å²) in [5.74, 6) is -1.39. The Hall–Kier alpha value is -3.65. The number of aryl methyl sites for hydroxylation is 1. The van der Waals surface area contributed by atoms with Crippen LogP contribution in [0.2, 0.25) is 0 Å². The summed E-state index contributed by atoms with van der Waals surface area (Å²) in [5, 5.41) is 5.37. The molecule has 0 saturated heterocycles. The van der Waals surface area contributed by atoms with Crippen LogP contribution in [0.4, 0.5) is 11.4 Å². The minimum atomic E-state index is -0.728. The Balaban J connectivity index is 1.53. The van der Waals surface area contributed by atoms with Crippen LogP contribution >= 0.6 is 15.9 Å². The van der Waals surface area contributed by atoms with E-state index in [0.29, 0.717) is 11.4 Å². The highest BCUT2D eigenvalue weighted by molar-refractivity contribution is 9.10. The minimum absolute atomic E-state index is 0.118. The van der Waals surface area contributed by atoms with Crippen molar-refractivity contribution in [3.8, 4) is 5.75 Å². The van der Waals surface area contributed by atoms with Gasteiger partial charge in [-0.05, 0) is 61.0 Å². The number of hydrogen-bond acceptors (Lipinski definition) is 5. The predicted octanol–water partition coefficient (Wildman–Crippen LogP) is 4.57. The molecule has 0 heterocycles. The van der Waals surface area contributed by atoms with Crippen LogP contribution in [0, 0.1) is 6.92 Å². The van der Waals surface area contributed by atoms with Gasteiger partial charge in [0.05, 0.1) is 0 Å². The fourth-order valence-corrected chi connectivity index (χ4v) is 3.03. The molecule has 0 saturated carbocycles. The van der Waals surface area contributed by atoms with Gasteiger partial charge in [-0.3, -0.25) is 9.59 Å². The number of nitrogens with one attached hydrogen (secondary N) is 2. The highest BCUT2D eigenvalue weighted by atomic mass is 79.9. The maximum atomic E-state index is 12.5. The largest absolute Gasteiger partial charge is 0.483 e. The molecule has 0 aliphatic rings. The van der Waals surface area contributed by atoms with Crippen molar-refractivity contribution in [3.05, 3.63) is 88.4 Å². The van der Waals surface area contributed by atoms with E-state index in [9.17, 15) is 14.4 Å². The Morgan fingerprint density at radius 2 is 1.50 bits per heavy atom. The zero-order valence-electron chi connectivity index (χ0n) is 17.3. The highest BCUT2D eigenvalue weighted by Crippen LogP contribution is 2.20. The first-order chi connectivity index (χ1) is 15.4. The zero-order chi connectivity index (χ0) is 22.9. The van der Waals surface area contributed by atoms with Gasteiger partial charge >= 0.3 is 5.97 Å². The molecule has 0 atom stereocenters. The van der Waals surface area contributed by atoms with Gasteiger partial charge < -0.3 is 20.1 Å². The molecule has 3 aromatic rings. The van der Waals surface area contributed by atoms with Crippen LogP contribution in [0.25, 0.3) is 0 Å². The summed E-state index contributed by atoms with van der Waals surface area (Å²) in [6.45, 7) is 1.16. The summed E-state index contributed by atoms with van der Waals surface area (Å²) in [5.41, 5.74) is 2.35. The lowest BCUT2D eigenvalue weighted by Crippen LogP contribution is -2.22. The van der Waals surface area contributed by atoms with Crippen molar-refractivity contribution in [2.45, 2.75) is 6.92 Å². The number of benzene rings is 3. The maximum absolute atomic E-state index is 12.5. The molecule has 7 nitrogen and oxygen atoms in total. The molecule has 8 heteroatoms. The second-order valence-electron chi connectivity index (χ2n) is 6.83. The van der Waals surface area contributed by atoms with E-state index >= 15 is 0 Å².